The van der Waals surface area contributed by atoms with Gasteiger partial charge in [0, 0.05) is 5.69 Å². The summed E-state index contributed by atoms with van der Waals surface area (Å²) in [4.78, 5) is 27.0. The van der Waals surface area contributed by atoms with Crippen LogP contribution in [0.2, 0.25) is 0 Å². The lowest BCUT2D eigenvalue weighted by atomic mass is 10.1. The Hall–Kier alpha value is -3.58. The van der Waals surface area contributed by atoms with Crippen molar-refractivity contribution in [1.29, 1.82) is 0 Å². The van der Waals surface area contributed by atoms with Crippen LogP contribution in [-0.2, 0) is 32.2 Å². The van der Waals surface area contributed by atoms with Gasteiger partial charge in [-0.1, -0.05) is 42.5 Å². The van der Waals surface area contributed by atoms with Gasteiger partial charge in [-0.15, -0.1) is 11.3 Å². The van der Waals surface area contributed by atoms with E-state index in [2.05, 4.69) is 0 Å². The maximum atomic E-state index is 12.9. The van der Waals surface area contributed by atoms with E-state index in [0.29, 0.717) is 40.7 Å². The Kier molecular flexibility index (Phi) is 8.05. The Morgan fingerprint density at radius 2 is 1.75 bits per heavy atom. The number of rotatable bonds is 10. The number of nitrogens with zero attached hydrogens (tertiary/aromatic N) is 1. The molecule has 7 heteroatoms. The summed E-state index contributed by atoms with van der Waals surface area (Å²) in [6.07, 6.45) is 0.755. The first-order chi connectivity index (χ1) is 15.5. The third-order valence-corrected chi connectivity index (χ3v) is 5.69. The van der Waals surface area contributed by atoms with Crippen LogP contribution < -0.4 is 10.6 Å². The zero-order chi connectivity index (χ0) is 22.9. The van der Waals surface area contributed by atoms with Crippen molar-refractivity contribution in [2.45, 2.75) is 27.0 Å². The van der Waals surface area contributed by atoms with Gasteiger partial charge in [-0.25, -0.2) is 4.79 Å². The molecule has 0 saturated carbocycles. The Bertz CT molecular complexity index is 1070. The van der Waals surface area contributed by atoms with Gasteiger partial charge in [-0.05, 0) is 48.6 Å². The molecule has 0 atom stereocenters. The van der Waals surface area contributed by atoms with Crippen molar-refractivity contribution in [1.82, 2.24) is 0 Å². The number of anilines is 2. The fourth-order valence-electron chi connectivity index (χ4n) is 3.15. The number of nitrogens with two attached hydrogens (primary N) is 1. The topological polar surface area (TPSA) is 81.9 Å². The summed E-state index contributed by atoms with van der Waals surface area (Å²) in [5.41, 5.74) is 9.25. The molecule has 2 N–H and O–H groups in total. The maximum Gasteiger partial charge on any atom is 0.343 e. The van der Waals surface area contributed by atoms with E-state index in [0.717, 1.165) is 17.5 Å². The molecular weight excluding hydrogens is 424 g/mol. The quantitative estimate of drug-likeness (QED) is 0.154. The number of ether oxygens (including phenoxy) is 2. The molecule has 32 heavy (non-hydrogen) atoms. The standard InChI is InChI=1S/C25H26N2O4S/c1-3-30-25(29)23(18(2)31-16-20-7-5-4-6-8-20)24-22(13-14-32-24)27(17-28)15-19-9-11-21(26)12-10-19/h4-14,17H,3,15-16,26H2,1-2H3/b23-18-. The summed E-state index contributed by atoms with van der Waals surface area (Å²) in [6, 6.07) is 18.8. The van der Waals surface area contributed by atoms with E-state index in [4.69, 9.17) is 15.2 Å². The number of esters is 1. The van der Waals surface area contributed by atoms with Crippen LogP contribution in [0.1, 0.15) is 29.9 Å². The molecule has 0 unspecified atom stereocenters. The Morgan fingerprint density at radius 3 is 2.41 bits per heavy atom. The minimum atomic E-state index is -0.486. The minimum Gasteiger partial charge on any atom is -0.493 e. The molecule has 0 radical (unpaired) electrons. The molecule has 0 saturated heterocycles. The second-order valence-electron chi connectivity index (χ2n) is 7.04. The monoisotopic (exact) mass is 450 g/mol. The molecule has 166 valence electrons. The number of nitrogen functional groups attached to an aromatic ring is 1. The molecule has 0 aliphatic heterocycles. The minimum absolute atomic E-state index is 0.234. The number of amides is 1. The lowest BCUT2D eigenvalue weighted by Gasteiger charge is -2.20. The first kappa shape index (κ1) is 23.1. The largest absolute Gasteiger partial charge is 0.493 e. The highest BCUT2D eigenvalue weighted by atomic mass is 32.1. The molecule has 1 amide bonds. The number of hydrogen-bond acceptors (Lipinski definition) is 6. The van der Waals surface area contributed by atoms with Gasteiger partial charge >= 0.3 is 5.97 Å². The zero-order valence-corrected chi connectivity index (χ0v) is 18.9. The van der Waals surface area contributed by atoms with Gasteiger partial charge in [0.2, 0.25) is 6.41 Å². The molecule has 0 spiro atoms. The van der Waals surface area contributed by atoms with Gasteiger partial charge in [0.05, 0.1) is 23.7 Å². The lowest BCUT2D eigenvalue weighted by molar-refractivity contribution is -0.136. The number of carbonyl (C=O) groups excluding carboxylic acids is 2. The van der Waals surface area contributed by atoms with Crippen LogP contribution in [0.5, 0.6) is 0 Å². The molecule has 6 nitrogen and oxygen atoms in total. The van der Waals surface area contributed by atoms with E-state index < -0.39 is 5.97 Å². The van der Waals surface area contributed by atoms with Crippen LogP contribution in [-0.4, -0.2) is 19.0 Å². The summed E-state index contributed by atoms with van der Waals surface area (Å²) < 4.78 is 11.3. The van der Waals surface area contributed by atoms with Crippen LogP contribution in [0.4, 0.5) is 11.4 Å². The summed E-state index contributed by atoms with van der Waals surface area (Å²) >= 11 is 1.36. The fraction of sp³-hybridized carbons (Fsp3) is 0.200. The molecule has 0 aliphatic rings. The predicted octanol–water partition coefficient (Wildman–Crippen LogP) is 5.00. The van der Waals surface area contributed by atoms with Crippen molar-refractivity contribution in [3.8, 4) is 0 Å². The smallest absolute Gasteiger partial charge is 0.343 e. The molecular formula is C25H26N2O4S. The molecule has 0 aliphatic carbocycles. The van der Waals surface area contributed by atoms with E-state index in [1.165, 1.54) is 11.3 Å². The van der Waals surface area contributed by atoms with Gasteiger partial charge < -0.3 is 20.1 Å². The maximum absolute atomic E-state index is 12.9. The van der Waals surface area contributed by atoms with Crippen LogP contribution in [0.3, 0.4) is 0 Å². The van der Waals surface area contributed by atoms with E-state index in [9.17, 15) is 9.59 Å². The second kappa shape index (κ2) is 11.2. The second-order valence-corrected chi connectivity index (χ2v) is 7.95. The summed E-state index contributed by atoms with van der Waals surface area (Å²) in [6.45, 7) is 4.39. The highest BCUT2D eigenvalue weighted by Crippen LogP contribution is 2.36. The van der Waals surface area contributed by atoms with Crippen molar-refractivity contribution in [3.63, 3.8) is 0 Å². The number of benzene rings is 2. The van der Waals surface area contributed by atoms with E-state index in [1.54, 1.807) is 30.9 Å². The molecule has 1 aromatic heterocycles. The molecule has 3 rings (SSSR count). The van der Waals surface area contributed by atoms with Gasteiger partial charge in [-0.2, -0.15) is 0 Å². The number of carbonyl (C=O) groups is 2. The Labute approximate surface area is 191 Å². The normalized spacial score (nSPS) is 11.4. The summed E-state index contributed by atoms with van der Waals surface area (Å²) in [5.74, 6) is -0.0468. The van der Waals surface area contributed by atoms with Gasteiger partial charge in [-0.3, -0.25) is 4.79 Å². The molecule has 0 bridgehead atoms. The van der Waals surface area contributed by atoms with Crippen molar-refractivity contribution in [3.05, 3.63) is 87.8 Å². The van der Waals surface area contributed by atoms with Crippen LogP contribution in [0.25, 0.3) is 5.57 Å². The highest BCUT2D eigenvalue weighted by Gasteiger charge is 2.25. The van der Waals surface area contributed by atoms with Crippen LogP contribution in [0, 0.1) is 0 Å². The van der Waals surface area contributed by atoms with Gasteiger partial charge in [0.1, 0.15) is 17.9 Å². The van der Waals surface area contributed by atoms with Crippen molar-refractivity contribution >= 4 is 40.7 Å². The zero-order valence-electron chi connectivity index (χ0n) is 18.1. The first-order valence-electron chi connectivity index (χ1n) is 10.2. The SMILES string of the molecule is CCOC(=O)/C(=C(/C)OCc1ccccc1)c1sccc1N(C=O)Cc1ccc(N)cc1. The average Bonchev–Trinajstić information content (AvgIpc) is 3.27. The number of allylic oxidation sites excluding steroid dienone is 1. The Balaban J connectivity index is 1.93. The lowest BCUT2D eigenvalue weighted by Crippen LogP contribution is -2.21. The third-order valence-electron chi connectivity index (χ3n) is 4.77. The van der Waals surface area contributed by atoms with Crippen LogP contribution in [0.15, 0.2) is 71.8 Å². The first-order valence-corrected chi connectivity index (χ1v) is 11.1. The van der Waals surface area contributed by atoms with Crippen LogP contribution >= 0.6 is 11.3 Å². The number of thiophene rings is 1. The molecule has 3 aromatic rings. The third kappa shape index (κ3) is 5.76. The van der Waals surface area contributed by atoms with E-state index in [-0.39, 0.29) is 6.61 Å². The predicted molar refractivity (Wildman–Crippen MR) is 128 cm³/mol. The molecule has 0 fully saturated rings. The Morgan fingerprint density at radius 1 is 1.03 bits per heavy atom. The van der Waals surface area contributed by atoms with Gasteiger partial charge in [0.25, 0.3) is 0 Å². The summed E-state index contributed by atoms with van der Waals surface area (Å²) in [7, 11) is 0. The van der Waals surface area contributed by atoms with Gasteiger partial charge in [0.15, 0.2) is 0 Å². The fourth-order valence-corrected chi connectivity index (χ4v) is 4.14. The average molecular weight is 451 g/mol. The van der Waals surface area contributed by atoms with Crippen molar-refractivity contribution in [2.75, 3.05) is 17.2 Å². The highest BCUT2D eigenvalue weighted by molar-refractivity contribution is 7.12. The van der Waals surface area contributed by atoms with Crippen molar-refractivity contribution < 1.29 is 19.1 Å². The van der Waals surface area contributed by atoms with E-state index >= 15 is 0 Å². The molecule has 2 aromatic carbocycles. The summed E-state index contributed by atoms with van der Waals surface area (Å²) in [5, 5.41) is 1.84. The van der Waals surface area contributed by atoms with Crippen molar-refractivity contribution in [2.24, 2.45) is 0 Å². The molecule has 1 heterocycles. The van der Waals surface area contributed by atoms with E-state index in [1.807, 2.05) is 53.9 Å². The number of hydrogen-bond donors (Lipinski definition) is 1.